The predicted molar refractivity (Wildman–Crippen MR) is 213 cm³/mol. The predicted octanol–water partition coefficient (Wildman–Crippen LogP) is 13.4. The van der Waals surface area contributed by atoms with E-state index in [1.807, 2.05) is 12.1 Å². The largest absolute Gasteiger partial charge is 0.457 e. The van der Waals surface area contributed by atoms with Crippen LogP contribution in [0, 0.1) is 0 Å². The molecule has 0 unspecified atom stereocenters. The lowest BCUT2D eigenvalue weighted by Gasteiger charge is -2.39. The Morgan fingerprint density at radius 3 is 1.83 bits per heavy atom. The van der Waals surface area contributed by atoms with Gasteiger partial charge >= 0.3 is 0 Å². The molecule has 0 fully saturated rings. The molecule has 12 rings (SSSR count). The molecule has 0 saturated carbocycles. The molecular formula is C49H29NO3. The fourth-order valence-corrected chi connectivity index (χ4v) is 9.17. The van der Waals surface area contributed by atoms with Gasteiger partial charge in [0.2, 0.25) is 0 Å². The number of hydrogen-bond donors (Lipinski definition) is 0. The van der Waals surface area contributed by atoms with E-state index in [4.69, 9.17) is 13.6 Å². The molecule has 0 N–H and O–H groups in total. The molecule has 0 saturated heterocycles. The number of hydrogen-bond acceptors (Lipinski definition) is 4. The fourth-order valence-electron chi connectivity index (χ4n) is 9.17. The van der Waals surface area contributed by atoms with E-state index in [9.17, 15) is 0 Å². The lowest BCUT2D eigenvalue weighted by atomic mass is 9.66. The second kappa shape index (κ2) is 10.5. The molecule has 0 bridgehead atoms. The second-order valence-electron chi connectivity index (χ2n) is 14.0. The molecule has 248 valence electrons. The van der Waals surface area contributed by atoms with Crippen LogP contribution in [0.5, 0.6) is 11.5 Å². The van der Waals surface area contributed by atoms with Crippen molar-refractivity contribution < 1.29 is 13.6 Å². The molecule has 8 aromatic carbocycles. The highest BCUT2D eigenvalue weighted by molar-refractivity contribution is 6.14. The zero-order chi connectivity index (χ0) is 34.7. The van der Waals surface area contributed by atoms with Crippen LogP contribution in [0.25, 0.3) is 55.0 Å². The van der Waals surface area contributed by atoms with E-state index in [0.717, 1.165) is 89.1 Å². The highest BCUT2D eigenvalue weighted by Crippen LogP contribution is 2.63. The van der Waals surface area contributed by atoms with Gasteiger partial charge in [-0.25, -0.2) is 0 Å². The van der Waals surface area contributed by atoms with E-state index < -0.39 is 5.41 Å². The Hall–Kier alpha value is -7.04. The number of nitrogens with zero attached hydrogens (tertiary/aromatic N) is 1. The summed E-state index contributed by atoms with van der Waals surface area (Å²) in [5.74, 6) is 1.76. The quantitative estimate of drug-likeness (QED) is 0.186. The molecule has 2 aliphatic rings. The van der Waals surface area contributed by atoms with E-state index in [1.165, 1.54) is 16.7 Å². The minimum absolute atomic E-state index is 0.547. The topological polar surface area (TPSA) is 38.8 Å². The highest BCUT2D eigenvalue weighted by Gasteiger charge is 2.51. The van der Waals surface area contributed by atoms with Crippen molar-refractivity contribution in [3.8, 4) is 22.6 Å². The maximum atomic E-state index is 6.93. The minimum atomic E-state index is -0.547. The van der Waals surface area contributed by atoms with Gasteiger partial charge in [0.25, 0.3) is 0 Å². The Labute approximate surface area is 304 Å². The van der Waals surface area contributed by atoms with Gasteiger partial charge in [-0.15, -0.1) is 0 Å². The summed E-state index contributed by atoms with van der Waals surface area (Å²) < 4.78 is 19.8. The SMILES string of the molecule is c1ccc(N(c2ccc3c(c2)oc2ccccc23)c2ccc3oc4c5c(ccc4c3c2)C2(c3ccccc3Oc3ccccc32)c2ccccc2-5)cc1. The van der Waals surface area contributed by atoms with Gasteiger partial charge < -0.3 is 18.5 Å². The second-order valence-corrected chi connectivity index (χ2v) is 14.0. The van der Waals surface area contributed by atoms with Crippen LogP contribution in [-0.4, -0.2) is 0 Å². The smallest absolute Gasteiger partial charge is 0.143 e. The van der Waals surface area contributed by atoms with E-state index in [0.29, 0.717) is 0 Å². The Morgan fingerprint density at radius 1 is 0.377 bits per heavy atom. The monoisotopic (exact) mass is 679 g/mol. The van der Waals surface area contributed by atoms with Crippen molar-refractivity contribution in [2.45, 2.75) is 5.41 Å². The van der Waals surface area contributed by atoms with E-state index in [2.05, 4.69) is 169 Å². The molecule has 1 aliphatic heterocycles. The van der Waals surface area contributed by atoms with Crippen molar-refractivity contribution in [2.24, 2.45) is 0 Å². The lowest BCUT2D eigenvalue weighted by molar-refractivity contribution is 0.436. The normalized spacial score (nSPS) is 13.6. The van der Waals surface area contributed by atoms with Crippen LogP contribution in [0.15, 0.2) is 185 Å². The molecular weight excluding hydrogens is 651 g/mol. The summed E-state index contributed by atoms with van der Waals surface area (Å²) >= 11 is 0. The van der Waals surface area contributed by atoms with E-state index in [-0.39, 0.29) is 0 Å². The maximum absolute atomic E-state index is 6.93. The molecule has 0 radical (unpaired) electrons. The van der Waals surface area contributed by atoms with Crippen LogP contribution >= 0.6 is 0 Å². The lowest BCUT2D eigenvalue weighted by Crippen LogP contribution is -2.32. The number of rotatable bonds is 3. The third-order valence-electron chi connectivity index (χ3n) is 11.3. The summed E-state index contributed by atoms with van der Waals surface area (Å²) in [5, 5.41) is 4.38. The van der Waals surface area contributed by atoms with Gasteiger partial charge in [0.1, 0.15) is 33.8 Å². The Morgan fingerprint density at radius 2 is 1.00 bits per heavy atom. The van der Waals surface area contributed by atoms with Gasteiger partial charge in [-0.1, -0.05) is 109 Å². The zero-order valence-corrected chi connectivity index (χ0v) is 28.4. The third kappa shape index (κ3) is 3.79. The van der Waals surface area contributed by atoms with Crippen LogP contribution in [0.3, 0.4) is 0 Å². The molecule has 1 spiro atoms. The first kappa shape index (κ1) is 28.6. The van der Waals surface area contributed by atoms with Gasteiger partial charge in [-0.3, -0.25) is 0 Å². The minimum Gasteiger partial charge on any atom is -0.457 e. The molecule has 4 heteroatoms. The van der Waals surface area contributed by atoms with E-state index in [1.54, 1.807) is 0 Å². The Kier molecular flexibility index (Phi) is 5.67. The molecule has 3 heterocycles. The van der Waals surface area contributed by atoms with Crippen molar-refractivity contribution in [3.05, 3.63) is 198 Å². The van der Waals surface area contributed by atoms with Crippen LogP contribution in [0.4, 0.5) is 17.1 Å². The number of furan rings is 2. The Balaban J connectivity index is 1.09. The van der Waals surface area contributed by atoms with Gasteiger partial charge in [0.15, 0.2) is 0 Å². The average Bonchev–Trinajstić information content (AvgIpc) is 3.87. The molecule has 10 aromatic rings. The first-order valence-electron chi connectivity index (χ1n) is 18.0. The summed E-state index contributed by atoms with van der Waals surface area (Å²) in [7, 11) is 0. The number of fused-ring (bicyclic) bond motifs is 16. The van der Waals surface area contributed by atoms with Gasteiger partial charge in [0, 0.05) is 61.4 Å². The fraction of sp³-hybridized carbons (Fsp3) is 0.0204. The molecule has 1 aliphatic carbocycles. The average molecular weight is 680 g/mol. The molecule has 2 aromatic heterocycles. The summed E-state index contributed by atoms with van der Waals surface area (Å²) in [4.78, 5) is 2.29. The first-order valence-corrected chi connectivity index (χ1v) is 18.0. The molecule has 0 amide bonds. The van der Waals surface area contributed by atoms with Crippen molar-refractivity contribution in [3.63, 3.8) is 0 Å². The summed E-state index contributed by atoms with van der Waals surface area (Å²) in [6.07, 6.45) is 0. The van der Waals surface area contributed by atoms with Crippen molar-refractivity contribution in [2.75, 3.05) is 4.90 Å². The number of para-hydroxylation sites is 4. The van der Waals surface area contributed by atoms with Gasteiger partial charge in [-0.2, -0.15) is 0 Å². The van der Waals surface area contributed by atoms with E-state index >= 15 is 0 Å². The van der Waals surface area contributed by atoms with Crippen molar-refractivity contribution in [1.29, 1.82) is 0 Å². The van der Waals surface area contributed by atoms with Crippen LogP contribution in [-0.2, 0) is 5.41 Å². The van der Waals surface area contributed by atoms with Crippen LogP contribution in [0.1, 0.15) is 22.3 Å². The Bertz CT molecular complexity index is 3070. The maximum Gasteiger partial charge on any atom is 0.143 e. The zero-order valence-electron chi connectivity index (χ0n) is 28.4. The molecule has 4 nitrogen and oxygen atoms in total. The number of ether oxygens (including phenoxy) is 1. The third-order valence-corrected chi connectivity index (χ3v) is 11.3. The van der Waals surface area contributed by atoms with Gasteiger partial charge in [0.05, 0.1) is 5.41 Å². The van der Waals surface area contributed by atoms with Gasteiger partial charge in [-0.05, 0) is 77.4 Å². The number of anilines is 3. The summed E-state index contributed by atoms with van der Waals surface area (Å²) in [6, 6.07) is 62.1. The first-order chi connectivity index (χ1) is 26.3. The summed E-state index contributed by atoms with van der Waals surface area (Å²) in [5.41, 5.74) is 13.1. The van der Waals surface area contributed by atoms with Crippen LogP contribution < -0.4 is 9.64 Å². The standard InChI is InChI=1S/C49H29NO3/c1-2-12-30(13-3-1)50(32-22-24-34-33-14-5-9-19-42(33)51-46(34)29-32)31-23-27-43-37(28-31)35-25-26-41-47(48(35)53-43)36-15-4-6-16-38(36)49(41)39-17-7-10-20-44(39)52-45-21-11-8-18-40(45)49/h1-29H. The number of benzene rings is 8. The van der Waals surface area contributed by atoms with Crippen molar-refractivity contribution in [1.82, 2.24) is 0 Å². The molecule has 0 atom stereocenters. The van der Waals surface area contributed by atoms with Crippen LogP contribution in [0.2, 0.25) is 0 Å². The molecule has 53 heavy (non-hydrogen) atoms. The highest BCUT2D eigenvalue weighted by atomic mass is 16.5. The van der Waals surface area contributed by atoms with Crippen molar-refractivity contribution >= 4 is 60.9 Å². The summed E-state index contributed by atoms with van der Waals surface area (Å²) in [6.45, 7) is 0.